The molecule has 3 heterocycles. The van der Waals surface area contributed by atoms with Crippen molar-refractivity contribution in [2.45, 2.75) is 32.2 Å². The zero-order valence-electron chi connectivity index (χ0n) is 15.0. The highest BCUT2D eigenvalue weighted by Crippen LogP contribution is 2.41. The van der Waals surface area contributed by atoms with Crippen molar-refractivity contribution in [3.05, 3.63) is 47.8 Å². The molecular formula is C19H21N5O2. The van der Waals surface area contributed by atoms with Crippen molar-refractivity contribution in [1.82, 2.24) is 20.0 Å². The lowest BCUT2D eigenvalue weighted by atomic mass is 9.86. The first kappa shape index (κ1) is 16.4. The van der Waals surface area contributed by atoms with Crippen LogP contribution >= 0.6 is 0 Å². The van der Waals surface area contributed by atoms with Crippen LogP contribution in [0, 0.1) is 0 Å². The van der Waals surface area contributed by atoms with Crippen molar-refractivity contribution < 1.29 is 9.53 Å². The molecule has 7 heteroatoms. The summed E-state index contributed by atoms with van der Waals surface area (Å²) >= 11 is 0. The Kier molecular flexibility index (Phi) is 3.99. The maximum atomic E-state index is 12.3. The third-order valence-electron chi connectivity index (χ3n) is 4.76. The highest BCUT2D eigenvalue weighted by molar-refractivity contribution is 5.94. The van der Waals surface area contributed by atoms with E-state index in [2.05, 4.69) is 20.6 Å². The summed E-state index contributed by atoms with van der Waals surface area (Å²) < 4.78 is 7.08. The monoisotopic (exact) mass is 351 g/mol. The van der Waals surface area contributed by atoms with Gasteiger partial charge in [0, 0.05) is 35.1 Å². The molecule has 1 aliphatic rings. The number of aromatic amines is 1. The zero-order valence-corrected chi connectivity index (χ0v) is 15.0. The average Bonchev–Trinajstić information content (AvgIpc) is 3.28. The summed E-state index contributed by atoms with van der Waals surface area (Å²) in [5.41, 5.74) is 3.93. The SMILES string of the molecule is COc1ccc(-c2[nH]ncc2[C@@H]2CC(=O)Nc3c2cnn3C(C)C)cc1. The number of amides is 1. The number of benzene rings is 1. The Morgan fingerprint density at radius 2 is 1.96 bits per heavy atom. The Labute approximate surface area is 151 Å². The first-order chi connectivity index (χ1) is 12.6. The van der Waals surface area contributed by atoms with E-state index in [-0.39, 0.29) is 17.9 Å². The molecule has 2 N–H and O–H groups in total. The zero-order chi connectivity index (χ0) is 18.3. The van der Waals surface area contributed by atoms with Gasteiger partial charge in [-0.05, 0) is 38.1 Å². The van der Waals surface area contributed by atoms with Crippen molar-refractivity contribution in [2.75, 3.05) is 12.4 Å². The molecule has 134 valence electrons. The first-order valence-electron chi connectivity index (χ1n) is 8.63. The topological polar surface area (TPSA) is 84.8 Å². The summed E-state index contributed by atoms with van der Waals surface area (Å²) in [4.78, 5) is 12.3. The summed E-state index contributed by atoms with van der Waals surface area (Å²) in [5.74, 6) is 1.49. The number of H-pyrrole nitrogens is 1. The van der Waals surface area contributed by atoms with E-state index in [1.807, 2.05) is 49.0 Å². The number of rotatable bonds is 4. The van der Waals surface area contributed by atoms with Gasteiger partial charge in [-0.1, -0.05) is 0 Å². The summed E-state index contributed by atoms with van der Waals surface area (Å²) in [6, 6.07) is 7.96. The molecule has 0 fully saturated rings. The van der Waals surface area contributed by atoms with Crippen molar-refractivity contribution in [1.29, 1.82) is 0 Å². The number of carbonyl (C=O) groups is 1. The molecule has 0 saturated carbocycles. The number of anilines is 1. The number of hydrogen-bond donors (Lipinski definition) is 2. The van der Waals surface area contributed by atoms with Crippen LogP contribution in [0.4, 0.5) is 5.82 Å². The smallest absolute Gasteiger partial charge is 0.226 e. The molecule has 4 rings (SSSR count). The Hall–Kier alpha value is -3.09. The third-order valence-corrected chi connectivity index (χ3v) is 4.76. The molecule has 0 bridgehead atoms. The second kappa shape index (κ2) is 6.33. The predicted molar refractivity (Wildman–Crippen MR) is 98.3 cm³/mol. The predicted octanol–water partition coefficient (Wildman–Crippen LogP) is 3.34. The van der Waals surface area contributed by atoms with E-state index in [4.69, 9.17) is 4.74 Å². The molecular weight excluding hydrogens is 330 g/mol. The molecule has 0 aliphatic carbocycles. The maximum absolute atomic E-state index is 12.3. The second-order valence-electron chi connectivity index (χ2n) is 6.72. The lowest BCUT2D eigenvalue weighted by Crippen LogP contribution is -2.25. The number of aromatic nitrogens is 4. The van der Waals surface area contributed by atoms with Gasteiger partial charge in [-0.3, -0.25) is 9.89 Å². The van der Waals surface area contributed by atoms with Crippen LogP contribution in [0.3, 0.4) is 0 Å². The lowest BCUT2D eigenvalue weighted by Gasteiger charge is -2.24. The molecule has 2 aromatic heterocycles. The van der Waals surface area contributed by atoms with E-state index in [0.29, 0.717) is 6.42 Å². The number of nitrogens with one attached hydrogen (secondary N) is 2. The summed E-state index contributed by atoms with van der Waals surface area (Å²) in [7, 11) is 1.64. The Bertz CT molecular complexity index is 939. The van der Waals surface area contributed by atoms with Gasteiger partial charge in [0.05, 0.1) is 25.2 Å². The molecule has 7 nitrogen and oxygen atoms in total. The molecule has 1 amide bonds. The van der Waals surface area contributed by atoms with Crippen molar-refractivity contribution >= 4 is 11.7 Å². The minimum Gasteiger partial charge on any atom is -0.497 e. The fourth-order valence-electron chi connectivity index (χ4n) is 3.46. The third kappa shape index (κ3) is 2.65. The minimum atomic E-state index is -0.0814. The van der Waals surface area contributed by atoms with Crippen LogP contribution in [0.25, 0.3) is 11.3 Å². The van der Waals surface area contributed by atoms with Gasteiger partial charge in [0.1, 0.15) is 11.6 Å². The van der Waals surface area contributed by atoms with Gasteiger partial charge in [0.25, 0.3) is 0 Å². The van der Waals surface area contributed by atoms with Gasteiger partial charge >= 0.3 is 0 Å². The van der Waals surface area contributed by atoms with Gasteiger partial charge in [0.2, 0.25) is 5.91 Å². The maximum Gasteiger partial charge on any atom is 0.226 e. The quantitative estimate of drug-likeness (QED) is 0.755. The number of ether oxygens (including phenoxy) is 1. The molecule has 0 unspecified atom stereocenters. The number of fused-ring (bicyclic) bond motifs is 1. The van der Waals surface area contributed by atoms with Crippen LogP contribution in [-0.2, 0) is 4.79 Å². The fourth-order valence-corrected chi connectivity index (χ4v) is 3.46. The van der Waals surface area contributed by atoms with Crippen LogP contribution in [0.15, 0.2) is 36.7 Å². The summed E-state index contributed by atoms with van der Waals surface area (Å²) in [6.45, 7) is 4.09. The van der Waals surface area contributed by atoms with E-state index in [1.54, 1.807) is 13.3 Å². The highest BCUT2D eigenvalue weighted by atomic mass is 16.5. The summed E-state index contributed by atoms with van der Waals surface area (Å²) in [5, 5.41) is 14.8. The number of nitrogens with zero attached hydrogens (tertiary/aromatic N) is 3. The molecule has 0 saturated heterocycles. The number of carbonyl (C=O) groups excluding carboxylic acids is 1. The lowest BCUT2D eigenvalue weighted by molar-refractivity contribution is -0.116. The molecule has 26 heavy (non-hydrogen) atoms. The Morgan fingerprint density at radius 1 is 1.19 bits per heavy atom. The molecule has 1 aromatic carbocycles. The van der Waals surface area contributed by atoms with Gasteiger partial charge in [-0.2, -0.15) is 10.2 Å². The van der Waals surface area contributed by atoms with Crippen molar-refractivity contribution in [2.24, 2.45) is 0 Å². The van der Waals surface area contributed by atoms with Gasteiger partial charge < -0.3 is 10.1 Å². The molecule has 1 atom stereocenters. The largest absolute Gasteiger partial charge is 0.497 e. The van der Waals surface area contributed by atoms with Crippen LogP contribution in [0.2, 0.25) is 0 Å². The standard InChI is InChI=1S/C19H21N5O2/c1-11(2)24-19-16(10-21-24)14(8-17(25)22-19)15-9-20-23-18(15)12-4-6-13(26-3)7-5-12/h4-7,9-11,14H,8H2,1-3H3,(H,20,23)(H,22,25)/t14-/m0/s1. The second-order valence-corrected chi connectivity index (χ2v) is 6.72. The van der Waals surface area contributed by atoms with Crippen LogP contribution in [0.5, 0.6) is 5.75 Å². The van der Waals surface area contributed by atoms with E-state index in [0.717, 1.165) is 34.0 Å². The minimum absolute atomic E-state index is 0.00761. The van der Waals surface area contributed by atoms with Gasteiger partial charge in [-0.25, -0.2) is 4.68 Å². The van der Waals surface area contributed by atoms with Crippen LogP contribution in [-0.4, -0.2) is 33.0 Å². The Morgan fingerprint density at radius 3 is 2.65 bits per heavy atom. The van der Waals surface area contributed by atoms with Gasteiger partial charge in [0.15, 0.2) is 0 Å². The van der Waals surface area contributed by atoms with Gasteiger partial charge in [-0.15, -0.1) is 0 Å². The van der Waals surface area contributed by atoms with E-state index < -0.39 is 0 Å². The summed E-state index contributed by atoms with van der Waals surface area (Å²) in [6.07, 6.45) is 4.03. The van der Waals surface area contributed by atoms with Crippen molar-refractivity contribution in [3.8, 4) is 17.0 Å². The van der Waals surface area contributed by atoms with Crippen LogP contribution in [0.1, 0.15) is 43.4 Å². The number of methoxy groups -OCH3 is 1. The average molecular weight is 351 g/mol. The van der Waals surface area contributed by atoms with Crippen LogP contribution < -0.4 is 10.1 Å². The fraction of sp³-hybridized carbons (Fsp3) is 0.316. The van der Waals surface area contributed by atoms with Crippen molar-refractivity contribution in [3.63, 3.8) is 0 Å². The normalized spacial score (nSPS) is 16.5. The molecule has 1 aliphatic heterocycles. The van der Waals surface area contributed by atoms with E-state index in [9.17, 15) is 4.79 Å². The number of hydrogen-bond acceptors (Lipinski definition) is 4. The van der Waals surface area contributed by atoms with E-state index in [1.165, 1.54) is 0 Å². The van der Waals surface area contributed by atoms with E-state index >= 15 is 0 Å². The molecule has 0 radical (unpaired) electrons. The first-order valence-corrected chi connectivity index (χ1v) is 8.63. The Balaban J connectivity index is 1.78. The highest BCUT2D eigenvalue weighted by Gasteiger charge is 2.32. The molecule has 3 aromatic rings. The molecule has 0 spiro atoms.